The first-order valence-corrected chi connectivity index (χ1v) is 10.8. The zero-order valence-electron chi connectivity index (χ0n) is 16.4. The molecule has 1 unspecified atom stereocenters. The molecule has 0 saturated carbocycles. The third-order valence-electron chi connectivity index (χ3n) is 6.29. The molecule has 6 heteroatoms. The second-order valence-electron chi connectivity index (χ2n) is 8.17. The summed E-state index contributed by atoms with van der Waals surface area (Å²) in [5.74, 6) is -0.614. The lowest BCUT2D eigenvalue weighted by Gasteiger charge is -2.27. The molecule has 1 aromatic carbocycles. The third kappa shape index (κ3) is 4.09. The number of hydrogen-bond donors (Lipinski definition) is 1. The van der Waals surface area contributed by atoms with Crippen molar-refractivity contribution >= 4 is 41.1 Å². The van der Waals surface area contributed by atoms with Crippen molar-refractivity contribution in [3.05, 3.63) is 41.0 Å². The summed E-state index contributed by atoms with van der Waals surface area (Å²) in [5.41, 5.74) is 4.00. The molecule has 1 N–H and O–H groups in total. The monoisotopic (exact) mass is 410 g/mol. The van der Waals surface area contributed by atoms with Gasteiger partial charge in [-0.1, -0.05) is 48.1 Å². The second kappa shape index (κ2) is 8.67. The van der Waals surface area contributed by atoms with E-state index in [2.05, 4.69) is 29.6 Å². The van der Waals surface area contributed by atoms with Crippen LogP contribution in [0.5, 0.6) is 0 Å². The highest BCUT2D eigenvalue weighted by atomic mass is 32.1. The van der Waals surface area contributed by atoms with E-state index >= 15 is 0 Å². The topological polar surface area (TPSA) is 66.5 Å². The number of Topliss-reactive ketones (excluding diaryl/α,β-unsaturated/α-hetero) is 1. The lowest BCUT2D eigenvalue weighted by molar-refractivity contribution is -0.138. The number of benzene rings is 1. The average Bonchev–Trinajstić information content (AvgIpc) is 3.44. The maximum Gasteiger partial charge on any atom is 0.223 e. The SMILES string of the molecule is O=C[C@H]1NCC(=S)C1C(=O)[C@@H]1CCCN1C(=O)CCCC1=Cc2ccccc2C1. The van der Waals surface area contributed by atoms with Gasteiger partial charge in [0.1, 0.15) is 6.29 Å². The molecule has 5 nitrogen and oxygen atoms in total. The lowest BCUT2D eigenvalue weighted by Crippen LogP contribution is -2.47. The maximum absolute atomic E-state index is 13.1. The minimum Gasteiger partial charge on any atom is -0.333 e. The van der Waals surface area contributed by atoms with Crippen LogP contribution < -0.4 is 5.32 Å². The molecule has 0 spiro atoms. The number of thiocarbonyl (C=S) groups is 1. The summed E-state index contributed by atoms with van der Waals surface area (Å²) >= 11 is 5.31. The molecular weight excluding hydrogens is 384 g/mol. The van der Waals surface area contributed by atoms with Crippen molar-refractivity contribution in [1.82, 2.24) is 10.2 Å². The standard InChI is InChI=1S/C23H26N2O3S/c26-14-18-22(20(29)13-24-18)23(28)19-8-4-10-25(19)21(27)9-3-5-15-11-16-6-1-2-7-17(16)12-15/h1-2,6-7,11,14,18-19,22,24H,3-5,8-10,12-13H2/t18-,19+,22?/m1/s1. The Kier molecular flexibility index (Phi) is 6.01. The molecule has 2 fully saturated rings. The first-order chi connectivity index (χ1) is 14.1. The van der Waals surface area contributed by atoms with Crippen LogP contribution in [0.1, 0.15) is 43.2 Å². The quantitative estimate of drug-likeness (QED) is 0.553. The number of fused-ring (bicyclic) bond motifs is 1. The van der Waals surface area contributed by atoms with E-state index in [0.717, 1.165) is 32.0 Å². The van der Waals surface area contributed by atoms with Crippen molar-refractivity contribution in [3.8, 4) is 0 Å². The molecule has 2 saturated heterocycles. The fourth-order valence-corrected chi connectivity index (χ4v) is 5.15. The first kappa shape index (κ1) is 20.1. The van der Waals surface area contributed by atoms with Gasteiger partial charge in [-0.2, -0.15) is 0 Å². The fraction of sp³-hybridized carbons (Fsp3) is 0.478. The number of allylic oxidation sites excluding steroid dienone is 1. The normalized spacial score (nSPS) is 25.8. The molecule has 0 bridgehead atoms. The van der Waals surface area contributed by atoms with Crippen LogP contribution >= 0.6 is 12.2 Å². The van der Waals surface area contributed by atoms with Crippen LogP contribution in [0.3, 0.4) is 0 Å². The van der Waals surface area contributed by atoms with Gasteiger partial charge in [0.2, 0.25) is 5.91 Å². The summed E-state index contributed by atoms with van der Waals surface area (Å²) < 4.78 is 0. The number of amides is 1. The molecule has 29 heavy (non-hydrogen) atoms. The number of ketones is 1. The van der Waals surface area contributed by atoms with E-state index in [4.69, 9.17) is 12.2 Å². The second-order valence-corrected chi connectivity index (χ2v) is 8.69. The van der Waals surface area contributed by atoms with Crippen molar-refractivity contribution in [1.29, 1.82) is 0 Å². The van der Waals surface area contributed by atoms with E-state index < -0.39 is 18.0 Å². The van der Waals surface area contributed by atoms with Gasteiger partial charge < -0.3 is 15.0 Å². The highest BCUT2D eigenvalue weighted by Crippen LogP contribution is 2.29. The summed E-state index contributed by atoms with van der Waals surface area (Å²) in [6.07, 6.45) is 7.58. The van der Waals surface area contributed by atoms with Gasteiger partial charge in [0.05, 0.1) is 18.0 Å². The van der Waals surface area contributed by atoms with E-state index in [1.54, 1.807) is 4.90 Å². The molecular formula is C23H26N2O3S. The number of nitrogens with zero attached hydrogens (tertiary/aromatic N) is 1. The van der Waals surface area contributed by atoms with Gasteiger partial charge in [-0.3, -0.25) is 9.59 Å². The fourth-order valence-electron chi connectivity index (χ4n) is 4.80. The Morgan fingerprint density at radius 2 is 2.10 bits per heavy atom. The minimum absolute atomic E-state index is 0.0384. The van der Waals surface area contributed by atoms with Crippen LogP contribution in [-0.4, -0.2) is 52.9 Å². The van der Waals surface area contributed by atoms with Crippen LogP contribution in [0.4, 0.5) is 0 Å². The van der Waals surface area contributed by atoms with Gasteiger partial charge in [-0.15, -0.1) is 0 Å². The molecule has 1 aliphatic carbocycles. The first-order valence-electron chi connectivity index (χ1n) is 10.4. The number of nitrogens with one attached hydrogen (secondary N) is 1. The molecule has 152 valence electrons. The largest absolute Gasteiger partial charge is 0.333 e. The number of likely N-dealkylation sites (tertiary alicyclic amines) is 1. The van der Waals surface area contributed by atoms with Crippen molar-refractivity contribution in [2.24, 2.45) is 5.92 Å². The van der Waals surface area contributed by atoms with Gasteiger partial charge in [0.15, 0.2) is 5.78 Å². The Bertz CT molecular complexity index is 879. The number of carbonyl (C=O) groups is 3. The molecule has 2 aliphatic heterocycles. The Balaban J connectivity index is 1.32. The molecule has 4 rings (SSSR count). The van der Waals surface area contributed by atoms with Crippen molar-refractivity contribution < 1.29 is 14.4 Å². The third-order valence-corrected chi connectivity index (χ3v) is 6.69. The molecule has 1 amide bonds. The smallest absolute Gasteiger partial charge is 0.223 e. The maximum atomic E-state index is 13.1. The predicted octanol–water partition coefficient (Wildman–Crippen LogP) is 2.51. The summed E-state index contributed by atoms with van der Waals surface area (Å²) in [7, 11) is 0. The zero-order valence-corrected chi connectivity index (χ0v) is 17.2. The van der Waals surface area contributed by atoms with Gasteiger partial charge in [-0.05, 0) is 43.2 Å². The number of rotatable bonds is 7. The van der Waals surface area contributed by atoms with E-state index in [0.29, 0.717) is 30.8 Å². The lowest BCUT2D eigenvalue weighted by atomic mass is 9.90. The summed E-state index contributed by atoms with van der Waals surface area (Å²) in [4.78, 5) is 39.5. The van der Waals surface area contributed by atoms with E-state index in [9.17, 15) is 14.4 Å². The van der Waals surface area contributed by atoms with Crippen LogP contribution in [0.2, 0.25) is 0 Å². The molecule has 3 aliphatic rings. The zero-order chi connectivity index (χ0) is 20.4. The van der Waals surface area contributed by atoms with E-state index in [-0.39, 0.29) is 11.7 Å². The Morgan fingerprint density at radius 3 is 2.90 bits per heavy atom. The van der Waals surface area contributed by atoms with Crippen LogP contribution in [0.15, 0.2) is 29.8 Å². The molecule has 0 radical (unpaired) electrons. The summed E-state index contributed by atoms with van der Waals surface area (Å²) in [6.45, 7) is 1.02. The molecule has 1 aromatic rings. The highest BCUT2D eigenvalue weighted by Gasteiger charge is 2.43. The van der Waals surface area contributed by atoms with Gasteiger partial charge in [-0.25, -0.2) is 0 Å². The molecule has 2 heterocycles. The van der Waals surface area contributed by atoms with Crippen LogP contribution in [-0.2, 0) is 20.8 Å². The van der Waals surface area contributed by atoms with E-state index in [1.165, 1.54) is 16.7 Å². The van der Waals surface area contributed by atoms with Gasteiger partial charge in [0.25, 0.3) is 0 Å². The van der Waals surface area contributed by atoms with Crippen molar-refractivity contribution in [3.63, 3.8) is 0 Å². The Labute approximate surface area is 176 Å². The Hall–Kier alpha value is -2.18. The average molecular weight is 411 g/mol. The van der Waals surface area contributed by atoms with Gasteiger partial charge >= 0.3 is 0 Å². The number of aldehydes is 1. The van der Waals surface area contributed by atoms with Crippen LogP contribution in [0.25, 0.3) is 6.08 Å². The van der Waals surface area contributed by atoms with E-state index in [1.807, 2.05) is 6.07 Å². The summed E-state index contributed by atoms with van der Waals surface area (Å²) in [5, 5.41) is 2.99. The number of hydrogen-bond acceptors (Lipinski definition) is 5. The van der Waals surface area contributed by atoms with Gasteiger partial charge in [0, 0.05) is 24.4 Å². The predicted molar refractivity (Wildman–Crippen MR) is 116 cm³/mol. The number of carbonyl (C=O) groups excluding carboxylic acids is 3. The minimum atomic E-state index is -0.581. The summed E-state index contributed by atoms with van der Waals surface area (Å²) in [6, 6.07) is 7.39. The van der Waals surface area contributed by atoms with Crippen molar-refractivity contribution in [2.75, 3.05) is 13.1 Å². The van der Waals surface area contributed by atoms with Crippen LogP contribution in [0, 0.1) is 5.92 Å². The Morgan fingerprint density at radius 1 is 1.28 bits per heavy atom. The highest BCUT2D eigenvalue weighted by molar-refractivity contribution is 7.80. The van der Waals surface area contributed by atoms with Crippen molar-refractivity contribution in [2.45, 2.75) is 50.6 Å². The molecule has 3 atom stereocenters. The molecule has 0 aromatic heterocycles.